The third-order valence-corrected chi connectivity index (χ3v) is 6.36. The molecule has 1 aliphatic rings. The summed E-state index contributed by atoms with van der Waals surface area (Å²) in [6, 6.07) is 0.0807. The molecule has 2 atom stereocenters. The predicted molar refractivity (Wildman–Crippen MR) is 111 cm³/mol. The average Bonchev–Trinajstić information content (AvgIpc) is 3.36. The number of aryl methyl sites for hydroxylation is 1. The lowest BCUT2D eigenvalue weighted by Gasteiger charge is -2.30. The lowest BCUT2D eigenvalue weighted by molar-refractivity contribution is 0.0901. The zero-order valence-corrected chi connectivity index (χ0v) is 17.7. The van der Waals surface area contributed by atoms with Gasteiger partial charge >= 0.3 is 0 Å². The number of amides is 2. The smallest absolute Gasteiger partial charge is 0.269 e. The molecule has 29 heavy (non-hydrogen) atoms. The van der Waals surface area contributed by atoms with Crippen LogP contribution in [0.1, 0.15) is 76.9 Å². The van der Waals surface area contributed by atoms with Crippen molar-refractivity contribution in [2.75, 3.05) is 0 Å². The number of hydrogen-bond acceptors (Lipinski definition) is 5. The van der Waals surface area contributed by atoms with Crippen LogP contribution >= 0.6 is 11.3 Å². The Morgan fingerprint density at radius 3 is 2.62 bits per heavy atom. The number of imidazole rings is 1. The summed E-state index contributed by atoms with van der Waals surface area (Å²) in [5.74, 6) is 0.0207. The Kier molecular flexibility index (Phi) is 5.40. The minimum atomic E-state index is -0.127. The molecule has 154 valence electrons. The zero-order chi connectivity index (χ0) is 20.5. The quantitative estimate of drug-likeness (QED) is 0.597. The summed E-state index contributed by atoms with van der Waals surface area (Å²) in [5, 5.41) is 13.1. The lowest BCUT2D eigenvalue weighted by atomic mass is 9.90. The highest BCUT2D eigenvalue weighted by Crippen LogP contribution is 2.23. The third kappa shape index (κ3) is 4.19. The molecule has 1 fully saturated rings. The number of carbonyl (C=O) groups is 2. The second-order valence-corrected chi connectivity index (χ2v) is 9.04. The van der Waals surface area contributed by atoms with Crippen molar-refractivity contribution in [2.24, 2.45) is 0 Å². The minimum Gasteiger partial charge on any atom is -0.348 e. The van der Waals surface area contributed by atoms with E-state index in [1.54, 1.807) is 6.20 Å². The van der Waals surface area contributed by atoms with Gasteiger partial charge in [0.1, 0.15) is 10.6 Å². The van der Waals surface area contributed by atoms with Crippen LogP contribution in [0.15, 0.2) is 18.6 Å². The number of fused-ring (bicyclic) bond motifs is 1. The fraction of sp³-hybridized carbons (Fsp3) is 0.500. The Morgan fingerprint density at radius 1 is 1.21 bits per heavy atom. The SMILES string of the molecule is Cc1cn2cc(C(=O)NC3CCCC(NC(=O)c4[nH]ncc4C(C)C)C3)sc2n1. The van der Waals surface area contributed by atoms with Gasteiger partial charge in [-0.15, -0.1) is 0 Å². The Hall–Kier alpha value is -2.68. The molecule has 0 spiro atoms. The molecule has 0 radical (unpaired) electrons. The van der Waals surface area contributed by atoms with Crippen molar-refractivity contribution < 1.29 is 9.59 Å². The van der Waals surface area contributed by atoms with Crippen molar-refractivity contribution >= 4 is 28.1 Å². The lowest BCUT2D eigenvalue weighted by Crippen LogP contribution is -2.45. The molecule has 8 nitrogen and oxygen atoms in total. The first kappa shape index (κ1) is 19.6. The van der Waals surface area contributed by atoms with Gasteiger partial charge in [0, 0.05) is 30.0 Å². The monoisotopic (exact) mass is 414 g/mol. The van der Waals surface area contributed by atoms with Gasteiger partial charge in [-0.25, -0.2) is 4.98 Å². The maximum atomic E-state index is 12.7. The minimum absolute atomic E-state index is 0.0353. The number of carbonyl (C=O) groups excluding carboxylic acids is 2. The van der Waals surface area contributed by atoms with Crippen LogP contribution in [-0.2, 0) is 0 Å². The van der Waals surface area contributed by atoms with E-state index in [-0.39, 0.29) is 29.8 Å². The second kappa shape index (κ2) is 7.98. The summed E-state index contributed by atoms with van der Waals surface area (Å²) in [6.07, 6.45) is 8.96. The highest BCUT2D eigenvalue weighted by molar-refractivity contribution is 7.18. The maximum absolute atomic E-state index is 12.7. The number of H-pyrrole nitrogens is 1. The number of nitrogens with zero attached hydrogens (tertiary/aromatic N) is 3. The van der Waals surface area contributed by atoms with E-state index < -0.39 is 0 Å². The van der Waals surface area contributed by atoms with E-state index in [1.165, 1.54) is 11.3 Å². The topological polar surface area (TPSA) is 104 Å². The van der Waals surface area contributed by atoms with E-state index in [0.717, 1.165) is 41.9 Å². The van der Waals surface area contributed by atoms with Crippen molar-refractivity contribution in [2.45, 2.75) is 64.5 Å². The number of rotatable bonds is 5. The predicted octanol–water partition coefficient (Wildman–Crippen LogP) is 3.02. The summed E-state index contributed by atoms with van der Waals surface area (Å²) in [7, 11) is 0. The van der Waals surface area contributed by atoms with E-state index >= 15 is 0 Å². The van der Waals surface area contributed by atoms with Crippen LogP contribution in [0.3, 0.4) is 0 Å². The fourth-order valence-electron chi connectivity index (χ4n) is 3.90. The molecule has 2 amide bonds. The normalized spacial score (nSPS) is 19.6. The average molecular weight is 415 g/mol. The summed E-state index contributed by atoms with van der Waals surface area (Å²) in [6.45, 7) is 6.01. The van der Waals surface area contributed by atoms with Crippen LogP contribution < -0.4 is 10.6 Å². The van der Waals surface area contributed by atoms with Crippen molar-refractivity contribution in [3.8, 4) is 0 Å². The van der Waals surface area contributed by atoms with Gasteiger partial charge in [-0.3, -0.25) is 19.1 Å². The van der Waals surface area contributed by atoms with Gasteiger partial charge in [0.25, 0.3) is 11.8 Å². The van der Waals surface area contributed by atoms with Crippen molar-refractivity contribution in [3.05, 3.63) is 40.4 Å². The number of hydrogen-bond donors (Lipinski definition) is 3. The number of thiazole rings is 1. The molecule has 3 aromatic rings. The van der Waals surface area contributed by atoms with Gasteiger partial charge in [0.15, 0.2) is 4.96 Å². The first-order chi connectivity index (χ1) is 13.9. The van der Waals surface area contributed by atoms with Crippen molar-refractivity contribution in [1.29, 1.82) is 0 Å². The zero-order valence-electron chi connectivity index (χ0n) is 16.9. The van der Waals surface area contributed by atoms with E-state index in [9.17, 15) is 9.59 Å². The van der Waals surface area contributed by atoms with Gasteiger partial charge in [-0.05, 0) is 38.5 Å². The summed E-state index contributed by atoms with van der Waals surface area (Å²) >= 11 is 1.39. The van der Waals surface area contributed by atoms with Gasteiger partial charge < -0.3 is 10.6 Å². The number of aromatic amines is 1. The molecule has 1 saturated carbocycles. The Bertz CT molecular complexity index is 1000. The molecule has 0 aromatic carbocycles. The summed E-state index contributed by atoms with van der Waals surface area (Å²) < 4.78 is 1.88. The second-order valence-electron chi connectivity index (χ2n) is 8.03. The summed E-state index contributed by atoms with van der Waals surface area (Å²) in [4.78, 5) is 31.2. The van der Waals surface area contributed by atoms with Crippen LogP contribution in [0, 0.1) is 6.92 Å². The van der Waals surface area contributed by atoms with E-state index in [0.29, 0.717) is 10.6 Å². The molecule has 0 saturated heterocycles. The standard InChI is InChI=1S/C20H26N6O2S/c1-11(2)15-8-21-25-17(15)19(28)24-14-6-4-5-13(7-14)23-18(27)16-10-26-9-12(3)22-20(26)29-16/h8-11,13-14H,4-7H2,1-3H3,(H,21,25)(H,23,27)(H,24,28). The van der Waals surface area contributed by atoms with Gasteiger partial charge in [-0.2, -0.15) is 5.10 Å². The van der Waals surface area contributed by atoms with Crippen molar-refractivity contribution in [1.82, 2.24) is 30.2 Å². The molecule has 3 heterocycles. The third-order valence-electron chi connectivity index (χ3n) is 5.36. The molecule has 2 unspecified atom stereocenters. The van der Waals surface area contributed by atoms with Crippen LogP contribution in [0.5, 0.6) is 0 Å². The van der Waals surface area contributed by atoms with E-state index in [4.69, 9.17) is 0 Å². The molecule has 3 aromatic heterocycles. The van der Waals surface area contributed by atoms with E-state index in [2.05, 4.69) is 25.8 Å². The highest BCUT2D eigenvalue weighted by atomic mass is 32.1. The molecule has 3 N–H and O–H groups in total. The van der Waals surface area contributed by atoms with Crippen LogP contribution in [0.25, 0.3) is 4.96 Å². The summed E-state index contributed by atoms with van der Waals surface area (Å²) in [5.41, 5.74) is 2.39. The van der Waals surface area contributed by atoms with Crippen LogP contribution in [-0.4, -0.2) is 43.5 Å². The number of nitrogens with one attached hydrogen (secondary N) is 3. The first-order valence-corrected chi connectivity index (χ1v) is 10.8. The Labute approximate surface area is 173 Å². The Morgan fingerprint density at radius 2 is 1.93 bits per heavy atom. The van der Waals surface area contributed by atoms with E-state index in [1.807, 2.05) is 37.6 Å². The molecular weight excluding hydrogens is 388 g/mol. The molecule has 0 bridgehead atoms. The van der Waals surface area contributed by atoms with Crippen LogP contribution in [0.4, 0.5) is 0 Å². The van der Waals surface area contributed by atoms with Crippen molar-refractivity contribution in [3.63, 3.8) is 0 Å². The molecular formula is C20H26N6O2S. The largest absolute Gasteiger partial charge is 0.348 e. The molecule has 9 heteroatoms. The maximum Gasteiger partial charge on any atom is 0.269 e. The number of aromatic nitrogens is 4. The van der Waals surface area contributed by atoms with Crippen LogP contribution in [0.2, 0.25) is 0 Å². The first-order valence-electron chi connectivity index (χ1n) is 10.0. The Balaban J connectivity index is 1.36. The van der Waals surface area contributed by atoms with Gasteiger partial charge in [0.2, 0.25) is 0 Å². The van der Waals surface area contributed by atoms with Gasteiger partial charge in [0.05, 0.1) is 11.9 Å². The van der Waals surface area contributed by atoms with Gasteiger partial charge in [-0.1, -0.05) is 25.2 Å². The highest BCUT2D eigenvalue weighted by Gasteiger charge is 2.27. The molecule has 1 aliphatic carbocycles. The molecule has 0 aliphatic heterocycles. The molecule has 4 rings (SSSR count). The fourth-order valence-corrected chi connectivity index (χ4v) is 4.81.